The molecule has 3 N–H and O–H groups in total. The van der Waals surface area contributed by atoms with E-state index < -0.39 is 6.17 Å². The lowest BCUT2D eigenvalue weighted by molar-refractivity contribution is 0.149. The lowest BCUT2D eigenvalue weighted by Crippen LogP contribution is -2.35. The molecule has 5 nitrogen and oxygen atoms in total. The zero-order valence-electron chi connectivity index (χ0n) is 15.9. The minimum Gasteiger partial charge on any atom is -0.382 e. The Morgan fingerprint density at radius 3 is 2.73 bits per heavy atom. The van der Waals surface area contributed by atoms with Gasteiger partial charge in [-0.1, -0.05) is 19.8 Å². The predicted octanol–water partition coefficient (Wildman–Crippen LogP) is 4.03. The molecule has 0 aliphatic carbocycles. The Kier molecular flexibility index (Phi) is 6.83. The molecule has 0 aromatic carbocycles. The number of aromatic nitrogens is 3. The average Bonchev–Trinajstić information content (AvgIpc) is 3.05. The quantitative estimate of drug-likeness (QED) is 0.662. The first-order chi connectivity index (χ1) is 12.7. The summed E-state index contributed by atoms with van der Waals surface area (Å²) in [4.78, 5) is 14.8. The van der Waals surface area contributed by atoms with Gasteiger partial charge in [0.15, 0.2) is 5.82 Å². The van der Waals surface area contributed by atoms with Gasteiger partial charge >= 0.3 is 0 Å². The number of nitrogens with one attached hydrogen (secondary N) is 1. The van der Waals surface area contributed by atoms with Gasteiger partial charge in [0.1, 0.15) is 17.5 Å². The molecule has 0 unspecified atom stereocenters. The number of H-pyrrole nitrogens is 1. The minimum atomic E-state index is -0.579. The summed E-state index contributed by atoms with van der Waals surface area (Å²) in [5, 5.41) is 0. The first-order valence-corrected chi connectivity index (χ1v) is 10.2. The van der Waals surface area contributed by atoms with E-state index in [0.29, 0.717) is 18.7 Å². The maximum Gasteiger partial charge on any atom is 0.151 e. The first kappa shape index (κ1) is 19.1. The number of piperidine rings is 1. The number of nitrogens with zero attached hydrogens (tertiary/aromatic N) is 3. The van der Waals surface area contributed by atoms with Crippen LogP contribution in [0.5, 0.6) is 0 Å². The maximum absolute atomic E-state index is 13.2. The van der Waals surface area contributed by atoms with Crippen LogP contribution in [0.15, 0.2) is 6.20 Å². The van der Waals surface area contributed by atoms with Crippen LogP contribution in [0.25, 0.3) is 11.0 Å². The number of hydrogen-bond acceptors (Lipinski definition) is 4. The van der Waals surface area contributed by atoms with Crippen molar-refractivity contribution < 1.29 is 4.39 Å². The molecule has 0 atom stereocenters. The molecule has 0 amide bonds. The molecule has 1 aliphatic rings. The molecule has 0 radical (unpaired) electrons. The number of rotatable bonds is 9. The van der Waals surface area contributed by atoms with E-state index in [9.17, 15) is 4.39 Å². The molecule has 26 heavy (non-hydrogen) atoms. The van der Waals surface area contributed by atoms with E-state index in [-0.39, 0.29) is 0 Å². The normalized spacial score (nSPS) is 16.5. The standard InChI is InChI=1S/C20H32FN5/c1-2-3-8-17-24-18-15(14-23-19(18)20(22)25-17)7-5-4-6-11-26-12-9-16(21)10-13-26/h14,16,23H,2-13H2,1H3,(H2,22,24,25). The molecule has 6 heteroatoms. The molecule has 3 heterocycles. The third-order valence-electron chi connectivity index (χ3n) is 5.37. The highest BCUT2D eigenvalue weighted by molar-refractivity contribution is 5.87. The van der Waals surface area contributed by atoms with E-state index in [1.54, 1.807) is 0 Å². The summed E-state index contributed by atoms with van der Waals surface area (Å²) in [5.74, 6) is 1.41. The molecular formula is C20H32FN5. The number of anilines is 1. The van der Waals surface area contributed by atoms with Crippen molar-refractivity contribution >= 4 is 16.9 Å². The third-order valence-corrected chi connectivity index (χ3v) is 5.37. The van der Waals surface area contributed by atoms with Gasteiger partial charge in [0.05, 0.1) is 5.52 Å². The fourth-order valence-electron chi connectivity index (χ4n) is 3.72. The molecule has 0 bridgehead atoms. The highest BCUT2D eigenvalue weighted by Crippen LogP contribution is 2.23. The summed E-state index contributed by atoms with van der Waals surface area (Å²) < 4.78 is 13.2. The molecule has 3 rings (SSSR count). The van der Waals surface area contributed by atoms with Gasteiger partial charge in [0.25, 0.3) is 0 Å². The van der Waals surface area contributed by atoms with Gasteiger partial charge in [-0.3, -0.25) is 0 Å². The van der Waals surface area contributed by atoms with Gasteiger partial charge in [-0.05, 0) is 50.6 Å². The molecule has 2 aromatic heterocycles. The Morgan fingerprint density at radius 2 is 1.96 bits per heavy atom. The number of nitrogens with two attached hydrogens (primary N) is 1. The second-order valence-electron chi connectivity index (χ2n) is 7.49. The number of nitrogen functional groups attached to an aromatic ring is 1. The number of aromatic amines is 1. The number of halogens is 1. The van der Waals surface area contributed by atoms with Crippen LogP contribution in [0.3, 0.4) is 0 Å². The maximum atomic E-state index is 13.2. The Hall–Kier alpha value is -1.69. The van der Waals surface area contributed by atoms with Gasteiger partial charge in [0.2, 0.25) is 0 Å². The molecule has 144 valence electrons. The Labute approximate surface area is 155 Å². The zero-order chi connectivity index (χ0) is 18.4. The van der Waals surface area contributed by atoms with Crippen LogP contribution in [-0.4, -0.2) is 45.7 Å². The monoisotopic (exact) mass is 361 g/mol. The van der Waals surface area contributed by atoms with Crippen molar-refractivity contribution in [2.45, 2.75) is 70.9 Å². The summed E-state index contributed by atoms with van der Waals surface area (Å²) >= 11 is 0. The molecule has 1 aliphatic heterocycles. The van der Waals surface area contributed by atoms with E-state index in [1.165, 1.54) is 18.4 Å². The summed E-state index contributed by atoms with van der Waals surface area (Å²) in [6, 6.07) is 0. The third kappa shape index (κ3) is 4.93. The molecule has 1 fully saturated rings. The predicted molar refractivity (Wildman–Crippen MR) is 105 cm³/mol. The van der Waals surface area contributed by atoms with Crippen molar-refractivity contribution in [1.82, 2.24) is 19.9 Å². The second kappa shape index (κ2) is 9.31. The lowest BCUT2D eigenvalue weighted by Gasteiger charge is -2.28. The van der Waals surface area contributed by atoms with Crippen LogP contribution in [0.1, 0.15) is 63.3 Å². The van der Waals surface area contributed by atoms with Crippen LogP contribution in [0.2, 0.25) is 0 Å². The fourth-order valence-corrected chi connectivity index (χ4v) is 3.72. The van der Waals surface area contributed by atoms with Crippen molar-refractivity contribution in [1.29, 1.82) is 0 Å². The van der Waals surface area contributed by atoms with Crippen molar-refractivity contribution in [2.75, 3.05) is 25.4 Å². The molecule has 1 saturated heterocycles. The zero-order valence-corrected chi connectivity index (χ0v) is 15.9. The number of hydrogen-bond donors (Lipinski definition) is 2. The highest BCUT2D eigenvalue weighted by atomic mass is 19.1. The average molecular weight is 362 g/mol. The number of unbranched alkanes of at least 4 members (excludes halogenated alkanes) is 3. The van der Waals surface area contributed by atoms with Crippen molar-refractivity contribution in [3.05, 3.63) is 17.6 Å². The number of alkyl halides is 1. The van der Waals surface area contributed by atoms with Crippen molar-refractivity contribution in [2.24, 2.45) is 0 Å². The Bertz CT molecular complexity index is 691. The molecule has 0 spiro atoms. The highest BCUT2D eigenvalue weighted by Gasteiger charge is 2.17. The van der Waals surface area contributed by atoms with Gasteiger partial charge < -0.3 is 15.6 Å². The van der Waals surface area contributed by atoms with Crippen molar-refractivity contribution in [3.63, 3.8) is 0 Å². The van der Waals surface area contributed by atoms with E-state index in [2.05, 4.69) is 21.8 Å². The Morgan fingerprint density at radius 1 is 1.15 bits per heavy atom. The number of aryl methyl sites for hydroxylation is 2. The summed E-state index contributed by atoms with van der Waals surface area (Å²) in [6.45, 7) is 5.10. The molecular weight excluding hydrogens is 329 g/mol. The van der Waals surface area contributed by atoms with Crippen molar-refractivity contribution in [3.8, 4) is 0 Å². The van der Waals surface area contributed by atoms with Crippen LogP contribution in [-0.2, 0) is 12.8 Å². The van der Waals surface area contributed by atoms with Gasteiger partial charge in [-0.25, -0.2) is 14.4 Å². The summed E-state index contributed by atoms with van der Waals surface area (Å²) in [6.07, 6.45) is 10.5. The van der Waals surface area contributed by atoms with Crippen LogP contribution < -0.4 is 5.73 Å². The minimum absolute atomic E-state index is 0.559. The van der Waals surface area contributed by atoms with Crippen LogP contribution in [0.4, 0.5) is 10.2 Å². The smallest absolute Gasteiger partial charge is 0.151 e. The topological polar surface area (TPSA) is 70.8 Å². The summed E-state index contributed by atoms with van der Waals surface area (Å²) in [5.41, 5.74) is 9.20. The lowest BCUT2D eigenvalue weighted by atomic mass is 10.1. The van der Waals surface area contributed by atoms with Gasteiger partial charge in [-0.15, -0.1) is 0 Å². The van der Waals surface area contributed by atoms with Gasteiger partial charge in [0, 0.05) is 25.7 Å². The van der Waals surface area contributed by atoms with Gasteiger partial charge in [-0.2, -0.15) is 0 Å². The van der Waals surface area contributed by atoms with E-state index >= 15 is 0 Å². The molecule has 0 saturated carbocycles. The van der Waals surface area contributed by atoms with E-state index in [0.717, 1.165) is 68.6 Å². The second-order valence-corrected chi connectivity index (χ2v) is 7.49. The molecule has 2 aromatic rings. The SMILES string of the molecule is CCCCc1nc(N)c2[nH]cc(CCCCCN3CCC(F)CC3)c2n1. The number of fused-ring (bicyclic) bond motifs is 1. The fraction of sp³-hybridized carbons (Fsp3) is 0.700. The first-order valence-electron chi connectivity index (χ1n) is 10.2. The van der Waals surface area contributed by atoms with Crippen LogP contribution >= 0.6 is 0 Å². The van der Waals surface area contributed by atoms with E-state index in [1.807, 2.05) is 6.20 Å². The van der Waals surface area contributed by atoms with Crippen LogP contribution in [0, 0.1) is 0 Å². The largest absolute Gasteiger partial charge is 0.382 e. The van der Waals surface area contributed by atoms with E-state index in [4.69, 9.17) is 10.7 Å². The Balaban J connectivity index is 1.48. The summed E-state index contributed by atoms with van der Waals surface area (Å²) in [7, 11) is 0. The number of likely N-dealkylation sites (tertiary alicyclic amines) is 1.